The van der Waals surface area contributed by atoms with Gasteiger partial charge in [-0.3, -0.25) is 0 Å². The van der Waals surface area contributed by atoms with Gasteiger partial charge in [0.2, 0.25) is 0 Å². The van der Waals surface area contributed by atoms with Crippen LogP contribution in [0.2, 0.25) is 0 Å². The molecule has 0 aliphatic carbocycles. The first-order valence-corrected chi connectivity index (χ1v) is 8.34. The number of rotatable bonds is 2. The van der Waals surface area contributed by atoms with Gasteiger partial charge in [-0.25, -0.2) is 0 Å². The predicted molar refractivity (Wildman–Crippen MR) is 91.4 cm³/mol. The first-order valence-electron chi connectivity index (χ1n) is 7.54. The van der Waals surface area contributed by atoms with E-state index < -0.39 is 0 Å². The number of hydrogen-bond donors (Lipinski definition) is 1. The molecule has 1 aliphatic rings. The third-order valence-corrected chi connectivity index (χ3v) is 4.80. The molecule has 20 heavy (non-hydrogen) atoms. The Labute approximate surface area is 132 Å². The minimum absolute atomic E-state index is 0.284. The van der Waals surface area contributed by atoms with Gasteiger partial charge >= 0.3 is 0 Å². The quantitative estimate of drug-likeness (QED) is 0.864. The van der Waals surface area contributed by atoms with Crippen molar-refractivity contribution in [1.29, 1.82) is 0 Å². The Morgan fingerprint density at radius 1 is 1.30 bits per heavy atom. The van der Waals surface area contributed by atoms with Crippen molar-refractivity contribution in [3.8, 4) is 0 Å². The van der Waals surface area contributed by atoms with Gasteiger partial charge < -0.3 is 10.2 Å². The smallest absolute Gasteiger partial charge is 0.0438 e. The van der Waals surface area contributed by atoms with Gasteiger partial charge in [0, 0.05) is 35.3 Å². The average molecular weight is 339 g/mol. The van der Waals surface area contributed by atoms with Crippen molar-refractivity contribution in [2.75, 3.05) is 18.0 Å². The van der Waals surface area contributed by atoms with Crippen LogP contribution in [-0.2, 0) is 0 Å². The maximum atomic E-state index is 3.75. The van der Waals surface area contributed by atoms with Gasteiger partial charge in [0.25, 0.3) is 0 Å². The van der Waals surface area contributed by atoms with E-state index in [9.17, 15) is 0 Å². The molecule has 112 valence electrons. The zero-order valence-electron chi connectivity index (χ0n) is 13.3. The highest BCUT2D eigenvalue weighted by molar-refractivity contribution is 9.10. The molecular formula is C17H27BrN2. The van der Waals surface area contributed by atoms with Crippen molar-refractivity contribution >= 4 is 21.6 Å². The van der Waals surface area contributed by atoms with Crippen molar-refractivity contribution < 1.29 is 0 Å². The molecule has 3 heteroatoms. The topological polar surface area (TPSA) is 15.3 Å². The summed E-state index contributed by atoms with van der Waals surface area (Å²) in [5.74, 6) is 0.641. The first-order chi connectivity index (χ1) is 9.29. The Kier molecular flexibility index (Phi) is 4.80. The molecule has 2 rings (SSSR count). The summed E-state index contributed by atoms with van der Waals surface area (Å²) in [5, 5.41) is 3.75. The van der Waals surface area contributed by atoms with Gasteiger partial charge in [0.15, 0.2) is 0 Å². The SMILES string of the molecule is CC(C)C1CNC(C(C)(C)C)CN1c1cccc(Br)c1. The van der Waals surface area contributed by atoms with Crippen LogP contribution in [0.25, 0.3) is 0 Å². The van der Waals surface area contributed by atoms with Crippen LogP contribution in [0.5, 0.6) is 0 Å². The summed E-state index contributed by atoms with van der Waals surface area (Å²) in [7, 11) is 0. The Balaban J connectivity index is 2.28. The molecule has 0 aromatic heterocycles. The van der Waals surface area contributed by atoms with Crippen molar-refractivity contribution in [1.82, 2.24) is 5.32 Å². The summed E-state index contributed by atoms with van der Waals surface area (Å²) in [6, 6.07) is 9.77. The highest BCUT2D eigenvalue weighted by Gasteiger charge is 2.35. The first kappa shape index (κ1) is 15.8. The number of benzene rings is 1. The molecule has 0 spiro atoms. The van der Waals surface area contributed by atoms with Crippen LogP contribution in [0.15, 0.2) is 28.7 Å². The fourth-order valence-corrected chi connectivity index (χ4v) is 3.28. The highest BCUT2D eigenvalue weighted by Crippen LogP contribution is 2.30. The van der Waals surface area contributed by atoms with Gasteiger partial charge in [0.05, 0.1) is 0 Å². The van der Waals surface area contributed by atoms with E-state index in [0.29, 0.717) is 18.0 Å². The zero-order chi connectivity index (χ0) is 14.9. The van der Waals surface area contributed by atoms with Crippen molar-refractivity contribution in [3.05, 3.63) is 28.7 Å². The van der Waals surface area contributed by atoms with Crippen molar-refractivity contribution in [2.45, 2.75) is 46.7 Å². The number of nitrogens with zero attached hydrogens (tertiary/aromatic N) is 1. The van der Waals surface area contributed by atoms with Crippen LogP contribution in [0, 0.1) is 11.3 Å². The summed E-state index contributed by atoms with van der Waals surface area (Å²) in [4.78, 5) is 2.59. The number of hydrogen-bond acceptors (Lipinski definition) is 2. The molecule has 0 bridgehead atoms. The fourth-order valence-electron chi connectivity index (χ4n) is 2.90. The third-order valence-electron chi connectivity index (χ3n) is 4.31. The lowest BCUT2D eigenvalue weighted by Gasteiger charge is -2.47. The van der Waals surface area contributed by atoms with E-state index in [-0.39, 0.29) is 5.41 Å². The van der Waals surface area contributed by atoms with Crippen LogP contribution in [-0.4, -0.2) is 25.2 Å². The lowest BCUT2D eigenvalue weighted by Crippen LogP contribution is -2.62. The monoisotopic (exact) mass is 338 g/mol. The van der Waals surface area contributed by atoms with Crippen molar-refractivity contribution in [3.63, 3.8) is 0 Å². The van der Waals surface area contributed by atoms with Crippen LogP contribution in [0.4, 0.5) is 5.69 Å². The number of piperazine rings is 1. The Hall–Kier alpha value is -0.540. The van der Waals surface area contributed by atoms with E-state index in [1.807, 2.05) is 0 Å². The van der Waals surface area contributed by atoms with Crippen LogP contribution in [0.3, 0.4) is 0 Å². The van der Waals surface area contributed by atoms with Gasteiger partial charge in [-0.05, 0) is 29.5 Å². The van der Waals surface area contributed by atoms with E-state index in [0.717, 1.165) is 17.6 Å². The van der Waals surface area contributed by atoms with Gasteiger partial charge in [0.1, 0.15) is 0 Å². The van der Waals surface area contributed by atoms with Gasteiger partial charge in [-0.1, -0.05) is 56.6 Å². The summed E-state index contributed by atoms with van der Waals surface area (Å²) in [6.45, 7) is 13.7. The second-order valence-electron chi connectivity index (χ2n) is 7.27. The molecule has 0 amide bonds. The summed E-state index contributed by atoms with van der Waals surface area (Å²) in [6.07, 6.45) is 0. The maximum absolute atomic E-state index is 3.75. The minimum Gasteiger partial charge on any atom is -0.365 e. The molecule has 1 fully saturated rings. The number of anilines is 1. The van der Waals surface area contributed by atoms with Gasteiger partial charge in [-0.15, -0.1) is 0 Å². The molecular weight excluding hydrogens is 312 g/mol. The van der Waals surface area contributed by atoms with Crippen molar-refractivity contribution in [2.24, 2.45) is 11.3 Å². The Morgan fingerprint density at radius 2 is 2.00 bits per heavy atom. The zero-order valence-corrected chi connectivity index (χ0v) is 14.9. The van der Waals surface area contributed by atoms with Gasteiger partial charge in [-0.2, -0.15) is 0 Å². The van der Waals surface area contributed by atoms with E-state index in [2.05, 4.69) is 85.0 Å². The molecule has 1 heterocycles. The number of nitrogens with one attached hydrogen (secondary N) is 1. The summed E-state index contributed by atoms with van der Waals surface area (Å²) >= 11 is 3.60. The molecule has 1 N–H and O–H groups in total. The van der Waals surface area contributed by atoms with E-state index in [1.165, 1.54) is 5.69 Å². The predicted octanol–water partition coefficient (Wildman–Crippen LogP) is 4.30. The fraction of sp³-hybridized carbons (Fsp3) is 0.647. The molecule has 1 aromatic rings. The molecule has 2 atom stereocenters. The molecule has 1 aliphatic heterocycles. The molecule has 1 saturated heterocycles. The van der Waals surface area contributed by atoms with Crippen LogP contribution < -0.4 is 10.2 Å². The second-order valence-corrected chi connectivity index (χ2v) is 8.19. The minimum atomic E-state index is 0.284. The third kappa shape index (κ3) is 3.56. The molecule has 0 radical (unpaired) electrons. The summed E-state index contributed by atoms with van der Waals surface area (Å²) in [5.41, 5.74) is 1.61. The van der Waals surface area contributed by atoms with Crippen LogP contribution >= 0.6 is 15.9 Å². The van der Waals surface area contributed by atoms with E-state index >= 15 is 0 Å². The normalized spacial score (nSPS) is 24.2. The molecule has 0 saturated carbocycles. The van der Waals surface area contributed by atoms with E-state index in [4.69, 9.17) is 0 Å². The molecule has 2 nitrogen and oxygen atoms in total. The highest BCUT2D eigenvalue weighted by atomic mass is 79.9. The Bertz CT molecular complexity index is 451. The lowest BCUT2D eigenvalue weighted by molar-refractivity contribution is 0.221. The van der Waals surface area contributed by atoms with Crippen LogP contribution in [0.1, 0.15) is 34.6 Å². The lowest BCUT2D eigenvalue weighted by atomic mass is 9.83. The average Bonchev–Trinajstić information content (AvgIpc) is 2.37. The second kappa shape index (κ2) is 6.07. The number of halogens is 1. The summed E-state index contributed by atoms with van der Waals surface area (Å²) < 4.78 is 1.16. The largest absolute Gasteiger partial charge is 0.365 e. The standard InChI is InChI=1S/C17H27BrN2/c1-12(2)15-10-19-16(17(3,4)5)11-20(15)14-8-6-7-13(18)9-14/h6-9,12,15-16,19H,10-11H2,1-5H3. The molecule has 2 unspecified atom stereocenters. The molecule has 1 aromatic carbocycles. The van der Waals surface area contributed by atoms with E-state index in [1.54, 1.807) is 0 Å². The maximum Gasteiger partial charge on any atom is 0.0438 e. The Morgan fingerprint density at radius 3 is 2.55 bits per heavy atom.